The largest absolute Gasteiger partial charge is 0.496 e. The molecule has 0 aromatic carbocycles. The lowest BCUT2D eigenvalue weighted by Gasteiger charge is -2.32. The minimum absolute atomic E-state index is 0.341. The van der Waals surface area contributed by atoms with Crippen molar-refractivity contribution >= 4 is 12.6 Å². The highest BCUT2D eigenvalue weighted by Crippen LogP contribution is 2.36. The number of hydrogen-bond acceptors (Lipinski definition) is 5. The maximum atomic E-state index is 5.95. The van der Waals surface area contributed by atoms with Crippen molar-refractivity contribution in [1.82, 2.24) is 4.98 Å². The van der Waals surface area contributed by atoms with Gasteiger partial charge in [0.2, 0.25) is 5.88 Å². The van der Waals surface area contributed by atoms with E-state index in [4.69, 9.17) is 19.8 Å². The van der Waals surface area contributed by atoms with Gasteiger partial charge in [0.1, 0.15) is 6.61 Å². The zero-order valence-corrected chi connectivity index (χ0v) is 12.0. The van der Waals surface area contributed by atoms with Crippen LogP contribution >= 0.6 is 0 Å². The van der Waals surface area contributed by atoms with Gasteiger partial charge < -0.3 is 19.8 Å². The molecule has 2 rings (SSSR count). The van der Waals surface area contributed by atoms with Crippen LogP contribution in [0.3, 0.4) is 0 Å². The molecule has 6 heteroatoms. The van der Waals surface area contributed by atoms with E-state index in [1.807, 2.05) is 33.8 Å². The first kappa shape index (κ1) is 14.3. The van der Waals surface area contributed by atoms with Crippen LogP contribution in [-0.2, 0) is 9.31 Å². The molecule has 19 heavy (non-hydrogen) atoms. The first-order valence-corrected chi connectivity index (χ1v) is 6.50. The molecular formula is C13H21BN2O3. The molecule has 5 nitrogen and oxygen atoms in total. The number of nitrogens with zero attached hydrogens (tertiary/aromatic N) is 1. The summed E-state index contributed by atoms with van der Waals surface area (Å²) in [7, 11) is -0.388. The molecule has 1 aromatic rings. The molecule has 0 spiro atoms. The molecule has 0 atom stereocenters. The summed E-state index contributed by atoms with van der Waals surface area (Å²) < 4.78 is 17.2. The molecule has 0 bridgehead atoms. The average molecular weight is 264 g/mol. The van der Waals surface area contributed by atoms with Crippen molar-refractivity contribution in [1.29, 1.82) is 0 Å². The Morgan fingerprint density at radius 2 is 1.84 bits per heavy atom. The molecule has 0 radical (unpaired) electrons. The quantitative estimate of drug-likeness (QED) is 0.811. The van der Waals surface area contributed by atoms with Crippen molar-refractivity contribution in [3.63, 3.8) is 0 Å². The molecule has 0 unspecified atom stereocenters. The van der Waals surface area contributed by atoms with E-state index in [0.717, 1.165) is 5.46 Å². The zero-order chi connectivity index (χ0) is 14.1. The molecule has 0 saturated carbocycles. The van der Waals surface area contributed by atoms with Crippen molar-refractivity contribution < 1.29 is 14.0 Å². The van der Waals surface area contributed by atoms with E-state index in [0.29, 0.717) is 19.0 Å². The smallest absolute Gasteiger partial charge is 0.476 e. The standard InChI is InChI=1S/C13H21BN2O3/c1-12(2)13(3,4)19-14(18-12)10-5-6-11(16-9-10)17-8-7-15/h5-6,9H,7-8,15H2,1-4H3. The summed E-state index contributed by atoms with van der Waals surface area (Å²) in [6, 6.07) is 3.71. The summed E-state index contributed by atoms with van der Waals surface area (Å²) in [6.07, 6.45) is 1.72. The molecule has 2 N–H and O–H groups in total. The minimum atomic E-state index is -0.388. The second-order valence-electron chi connectivity index (χ2n) is 5.66. The van der Waals surface area contributed by atoms with Gasteiger partial charge in [-0.1, -0.05) is 6.07 Å². The number of hydrogen-bond donors (Lipinski definition) is 1. The van der Waals surface area contributed by atoms with E-state index in [9.17, 15) is 0 Å². The van der Waals surface area contributed by atoms with Crippen molar-refractivity contribution in [2.75, 3.05) is 13.2 Å². The van der Waals surface area contributed by atoms with Gasteiger partial charge in [-0.05, 0) is 33.8 Å². The Labute approximate surface area is 114 Å². The van der Waals surface area contributed by atoms with Gasteiger partial charge >= 0.3 is 7.12 Å². The number of nitrogens with two attached hydrogens (primary N) is 1. The maximum Gasteiger partial charge on any atom is 0.496 e. The summed E-state index contributed by atoms with van der Waals surface area (Å²) in [5.74, 6) is 0.561. The SMILES string of the molecule is CC1(C)OB(c2ccc(OCCN)nc2)OC1(C)C. The van der Waals surface area contributed by atoms with Crippen molar-refractivity contribution in [2.24, 2.45) is 5.73 Å². The predicted molar refractivity (Wildman–Crippen MR) is 74.5 cm³/mol. The van der Waals surface area contributed by atoms with Gasteiger partial charge in [-0.3, -0.25) is 0 Å². The third-order valence-corrected chi connectivity index (χ3v) is 3.65. The summed E-state index contributed by atoms with van der Waals surface area (Å²) >= 11 is 0. The summed E-state index contributed by atoms with van der Waals surface area (Å²) in [4.78, 5) is 4.22. The van der Waals surface area contributed by atoms with Crippen LogP contribution in [0.25, 0.3) is 0 Å². The number of ether oxygens (including phenoxy) is 1. The Morgan fingerprint density at radius 1 is 1.21 bits per heavy atom. The van der Waals surface area contributed by atoms with Crippen LogP contribution in [-0.4, -0.2) is 36.5 Å². The lowest BCUT2D eigenvalue weighted by atomic mass is 9.80. The zero-order valence-electron chi connectivity index (χ0n) is 12.0. The monoisotopic (exact) mass is 264 g/mol. The lowest BCUT2D eigenvalue weighted by molar-refractivity contribution is 0.00578. The van der Waals surface area contributed by atoms with Crippen LogP contribution in [0.5, 0.6) is 5.88 Å². The Kier molecular flexibility index (Phi) is 3.85. The summed E-state index contributed by atoms with van der Waals surface area (Å²) in [6.45, 7) is 9.04. The normalized spacial score (nSPS) is 20.6. The molecule has 0 aliphatic carbocycles. The molecule has 1 aromatic heterocycles. The number of pyridine rings is 1. The van der Waals surface area contributed by atoms with Gasteiger partial charge in [-0.2, -0.15) is 0 Å². The molecule has 104 valence electrons. The Hall–Kier alpha value is -1.11. The van der Waals surface area contributed by atoms with Crippen LogP contribution < -0.4 is 15.9 Å². The third kappa shape index (κ3) is 2.91. The molecule has 1 aliphatic rings. The fourth-order valence-corrected chi connectivity index (χ4v) is 1.76. The second-order valence-corrected chi connectivity index (χ2v) is 5.66. The van der Waals surface area contributed by atoms with Crippen molar-refractivity contribution in [3.8, 4) is 5.88 Å². The molecule has 1 aliphatic heterocycles. The van der Waals surface area contributed by atoms with Crippen LogP contribution in [0.2, 0.25) is 0 Å². The van der Waals surface area contributed by atoms with Crippen molar-refractivity contribution in [2.45, 2.75) is 38.9 Å². The molecule has 2 heterocycles. The van der Waals surface area contributed by atoms with E-state index in [1.165, 1.54) is 0 Å². The average Bonchev–Trinajstić information content (AvgIpc) is 2.56. The highest BCUT2D eigenvalue weighted by molar-refractivity contribution is 6.62. The van der Waals surface area contributed by atoms with Gasteiger partial charge in [0.25, 0.3) is 0 Å². The van der Waals surface area contributed by atoms with Gasteiger partial charge in [0, 0.05) is 18.2 Å². The summed E-state index contributed by atoms with van der Waals surface area (Å²) in [5, 5.41) is 0. The topological polar surface area (TPSA) is 66.6 Å². The second kappa shape index (κ2) is 5.11. The number of aromatic nitrogens is 1. The van der Waals surface area contributed by atoms with E-state index < -0.39 is 0 Å². The third-order valence-electron chi connectivity index (χ3n) is 3.65. The maximum absolute atomic E-state index is 5.95. The molecular weight excluding hydrogens is 243 g/mol. The van der Waals surface area contributed by atoms with Gasteiger partial charge in [0.05, 0.1) is 11.2 Å². The highest BCUT2D eigenvalue weighted by Gasteiger charge is 2.51. The fourth-order valence-electron chi connectivity index (χ4n) is 1.76. The van der Waals surface area contributed by atoms with Crippen LogP contribution in [0, 0.1) is 0 Å². The van der Waals surface area contributed by atoms with Gasteiger partial charge in [-0.15, -0.1) is 0 Å². The number of rotatable bonds is 4. The Bertz CT molecular complexity index is 418. The van der Waals surface area contributed by atoms with Crippen LogP contribution in [0.15, 0.2) is 18.3 Å². The first-order valence-electron chi connectivity index (χ1n) is 6.50. The van der Waals surface area contributed by atoms with Gasteiger partial charge in [-0.25, -0.2) is 4.98 Å². The molecule has 1 fully saturated rings. The Morgan fingerprint density at radius 3 is 2.32 bits per heavy atom. The van der Waals surface area contributed by atoms with E-state index in [2.05, 4.69) is 4.98 Å². The first-order chi connectivity index (χ1) is 8.86. The predicted octanol–water partition coefficient (Wildman–Crippen LogP) is 0.718. The molecule has 1 saturated heterocycles. The van der Waals surface area contributed by atoms with Gasteiger partial charge in [0.15, 0.2) is 0 Å². The lowest BCUT2D eigenvalue weighted by Crippen LogP contribution is -2.41. The summed E-state index contributed by atoms with van der Waals surface area (Å²) in [5.41, 5.74) is 5.58. The highest BCUT2D eigenvalue weighted by atomic mass is 16.7. The van der Waals surface area contributed by atoms with Crippen LogP contribution in [0.4, 0.5) is 0 Å². The van der Waals surface area contributed by atoms with E-state index in [1.54, 1.807) is 12.3 Å². The minimum Gasteiger partial charge on any atom is -0.476 e. The van der Waals surface area contributed by atoms with E-state index >= 15 is 0 Å². The van der Waals surface area contributed by atoms with Crippen molar-refractivity contribution in [3.05, 3.63) is 18.3 Å². The molecule has 0 amide bonds. The fraction of sp³-hybridized carbons (Fsp3) is 0.615. The van der Waals surface area contributed by atoms with Crippen LogP contribution in [0.1, 0.15) is 27.7 Å². The Balaban J connectivity index is 2.08. The van der Waals surface area contributed by atoms with E-state index in [-0.39, 0.29) is 18.3 Å².